The van der Waals surface area contributed by atoms with Gasteiger partial charge in [-0.05, 0) is 57.8 Å². The van der Waals surface area contributed by atoms with Crippen LogP contribution in [0.15, 0.2) is 24.3 Å². The molecule has 95 heavy (non-hydrogen) atoms. The Hall–Kier alpha value is -1.66. The highest BCUT2D eigenvalue weighted by Crippen LogP contribution is 2.21. The second-order valence-corrected chi connectivity index (χ2v) is 30.6. The third-order valence-electron chi connectivity index (χ3n) is 21.0. The minimum Gasteiger partial charge on any atom is -0.466 e. The Morgan fingerprint density at radius 2 is 0.526 bits per heavy atom. The summed E-state index contributed by atoms with van der Waals surface area (Å²) in [5.41, 5.74) is 0. The van der Waals surface area contributed by atoms with Crippen LogP contribution >= 0.6 is 0 Å². The molecule has 0 fully saturated rings. The first-order valence-corrected chi connectivity index (χ1v) is 44.1. The monoisotopic (exact) mass is 1340 g/mol. The highest BCUT2D eigenvalue weighted by molar-refractivity contribution is 5.76. The van der Waals surface area contributed by atoms with Crippen LogP contribution in [0.2, 0.25) is 0 Å². The zero-order valence-corrected chi connectivity index (χ0v) is 64.9. The molecule has 0 aliphatic rings. The van der Waals surface area contributed by atoms with Gasteiger partial charge >= 0.3 is 5.97 Å². The van der Waals surface area contributed by atoms with Crippen LogP contribution in [-0.2, 0) is 14.3 Å². The van der Waals surface area contributed by atoms with E-state index in [9.17, 15) is 19.8 Å². The Kier molecular flexibility index (Phi) is 83.3. The Morgan fingerprint density at radius 3 is 0.800 bits per heavy atom. The maximum Gasteiger partial charge on any atom is 0.305 e. The van der Waals surface area contributed by atoms with E-state index in [4.69, 9.17) is 4.74 Å². The van der Waals surface area contributed by atoms with E-state index >= 15 is 0 Å². The number of unbranched alkanes of at least 4 members (excludes halogenated alkanes) is 69. The largest absolute Gasteiger partial charge is 0.466 e. The van der Waals surface area contributed by atoms with Crippen LogP contribution in [0.3, 0.4) is 0 Å². The summed E-state index contributed by atoms with van der Waals surface area (Å²) >= 11 is 0. The molecule has 0 radical (unpaired) electrons. The molecule has 6 heteroatoms. The highest BCUT2D eigenvalue weighted by Gasteiger charge is 2.20. The topological polar surface area (TPSA) is 95.9 Å². The molecule has 3 N–H and O–H groups in total. The fourth-order valence-electron chi connectivity index (χ4n) is 14.3. The van der Waals surface area contributed by atoms with Crippen LogP contribution in [0, 0.1) is 0 Å². The molecular weight excluding hydrogens is 1160 g/mol. The van der Waals surface area contributed by atoms with Crippen LogP contribution in [0.5, 0.6) is 0 Å². The van der Waals surface area contributed by atoms with Crippen molar-refractivity contribution in [2.45, 2.75) is 520 Å². The Balaban J connectivity index is 3.35. The van der Waals surface area contributed by atoms with Gasteiger partial charge in [0.1, 0.15) is 0 Å². The summed E-state index contributed by atoms with van der Waals surface area (Å²) in [4.78, 5) is 24.7. The van der Waals surface area contributed by atoms with Gasteiger partial charge in [-0.25, -0.2) is 0 Å². The molecule has 2 unspecified atom stereocenters. The summed E-state index contributed by atoms with van der Waals surface area (Å²) in [7, 11) is 0. The zero-order valence-electron chi connectivity index (χ0n) is 64.9. The number of hydrogen-bond acceptors (Lipinski definition) is 5. The summed E-state index contributed by atoms with van der Waals surface area (Å²) in [6, 6.07) is -0.541. The number of ether oxygens (including phenoxy) is 1. The van der Waals surface area contributed by atoms with E-state index in [0.29, 0.717) is 25.9 Å². The smallest absolute Gasteiger partial charge is 0.305 e. The third kappa shape index (κ3) is 81.2. The molecular formula is C89H173NO5. The molecule has 0 aromatic carbocycles. The average Bonchev–Trinajstić information content (AvgIpc) is 2.26. The summed E-state index contributed by atoms with van der Waals surface area (Å²) in [6.45, 7) is 5.02. The van der Waals surface area contributed by atoms with Gasteiger partial charge in [0.25, 0.3) is 0 Å². The molecule has 0 saturated heterocycles. The lowest BCUT2D eigenvalue weighted by Gasteiger charge is -2.22. The van der Waals surface area contributed by atoms with Gasteiger partial charge in [0.2, 0.25) is 5.91 Å². The number of esters is 1. The van der Waals surface area contributed by atoms with Crippen molar-refractivity contribution in [2.24, 2.45) is 0 Å². The fourth-order valence-corrected chi connectivity index (χ4v) is 14.3. The van der Waals surface area contributed by atoms with E-state index in [1.54, 1.807) is 0 Å². The maximum atomic E-state index is 12.6. The second-order valence-electron chi connectivity index (χ2n) is 30.6. The average molecular weight is 1340 g/mol. The van der Waals surface area contributed by atoms with Crippen LogP contribution < -0.4 is 5.32 Å². The predicted molar refractivity (Wildman–Crippen MR) is 421 cm³/mol. The van der Waals surface area contributed by atoms with Gasteiger partial charge in [-0.15, -0.1) is 0 Å². The first-order chi connectivity index (χ1) is 47.0. The van der Waals surface area contributed by atoms with Crippen molar-refractivity contribution in [1.29, 1.82) is 0 Å². The van der Waals surface area contributed by atoms with Crippen molar-refractivity contribution in [3.8, 4) is 0 Å². The Labute approximate surface area is 596 Å². The molecule has 0 aromatic rings. The van der Waals surface area contributed by atoms with E-state index in [1.165, 1.54) is 430 Å². The molecule has 0 rings (SSSR count). The van der Waals surface area contributed by atoms with E-state index in [-0.39, 0.29) is 18.5 Å². The molecule has 1 amide bonds. The molecule has 0 aliphatic carbocycles. The number of hydrogen-bond donors (Lipinski definition) is 3. The summed E-state index contributed by atoms with van der Waals surface area (Å²) < 4.78 is 5.51. The first-order valence-electron chi connectivity index (χ1n) is 44.1. The van der Waals surface area contributed by atoms with Gasteiger partial charge in [-0.2, -0.15) is 0 Å². The molecule has 0 aliphatic heterocycles. The number of nitrogens with one attached hydrogen (secondary N) is 1. The standard InChI is InChI=1S/C89H173NO5/c1-3-5-7-9-11-13-15-17-19-21-22-23-24-38-41-44-47-50-53-57-61-65-69-73-77-81-87(92)86(85-91)90-88(93)82-78-74-70-66-62-58-54-51-48-45-42-39-36-34-32-30-28-26-25-27-29-31-33-35-37-40-43-46-49-52-56-60-64-68-72-76-80-84-95-89(94)83-79-75-71-67-63-59-55-20-18-16-14-12-10-8-6-4-2/h25,27,31,33,86-87,91-92H,3-24,26,28-30,32,34-85H2,1-2H3,(H,90,93)/b27-25-,33-31-. The number of rotatable bonds is 84. The third-order valence-corrected chi connectivity index (χ3v) is 21.0. The van der Waals surface area contributed by atoms with E-state index < -0.39 is 12.1 Å². The normalized spacial score (nSPS) is 12.5. The van der Waals surface area contributed by atoms with Crippen LogP contribution in [0.1, 0.15) is 508 Å². The maximum absolute atomic E-state index is 12.6. The van der Waals surface area contributed by atoms with Crippen molar-refractivity contribution in [3.05, 3.63) is 24.3 Å². The minimum absolute atomic E-state index is 0.0235. The van der Waals surface area contributed by atoms with Gasteiger partial charge < -0.3 is 20.3 Å². The lowest BCUT2D eigenvalue weighted by Crippen LogP contribution is -2.45. The van der Waals surface area contributed by atoms with Crippen molar-refractivity contribution in [3.63, 3.8) is 0 Å². The summed E-state index contributed by atoms with van der Waals surface area (Å²) in [5, 5.41) is 23.5. The summed E-state index contributed by atoms with van der Waals surface area (Å²) in [6.07, 6.45) is 110. The number of aliphatic hydroxyl groups is 2. The molecule has 0 spiro atoms. The predicted octanol–water partition coefficient (Wildman–Crippen LogP) is 29.6. The lowest BCUT2D eigenvalue weighted by molar-refractivity contribution is -0.143. The number of aliphatic hydroxyl groups excluding tert-OH is 2. The van der Waals surface area contributed by atoms with Crippen molar-refractivity contribution >= 4 is 11.9 Å². The molecule has 0 heterocycles. The molecule has 0 saturated carbocycles. The quantitative estimate of drug-likeness (QED) is 0.0320. The lowest BCUT2D eigenvalue weighted by atomic mass is 10.0. The SMILES string of the molecule is CCCCCCCCCCCCCCCCCCCCCCCCCCCC(O)C(CO)NC(=O)CCCCCCCCCCCCCCCCCCC/C=C\C/C=C\CCCCCCCCCCCCCCCOC(=O)CCCCCCCCCCCCCCCCCC. The van der Waals surface area contributed by atoms with E-state index in [2.05, 4.69) is 43.5 Å². The van der Waals surface area contributed by atoms with Gasteiger partial charge in [0.15, 0.2) is 0 Å². The minimum atomic E-state index is -0.664. The van der Waals surface area contributed by atoms with Crippen LogP contribution in [0.25, 0.3) is 0 Å². The first kappa shape index (κ1) is 93.3. The molecule has 0 aromatic heterocycles. The number of amides is 1. The highest BCUT2D eigenvalue weighted by atomic mass is 16.5. The van der Waals surface area contributed by atoms with Gasteiger partial charge in [-0.1, -0.05) is 462 Å². The van der Waals surface area contributed by atoms with Crippen molar-refractivity contribution < 1.29 is 24.5 Å². The number of carbonyl (C=O) groups excluding carboxylic acids is 2. The molecule has 2 atom stereocenters. The van der Waals surface area contributed by atoms with Gasteiger partial charge in [0.05, 0.1) is 25.4 Å². The van der Waals surface area contributed by atoms with Crippen LogP contribution in [0.4, 0.5) is 0 Å². The van der Waals surface area contributed by atoms with Crippen molar-refractivity contribution in [1.82, 2.24) is 5.32 Å². The number of carbonyl (C=O) groups is 2. The Bertz CT molecular complexity index is 1500. The molecule has 0 bridgehead atoms. The van der Waals surface area contributed by atoms with E-state index in [0.717, 1.165) is 44.9 Å². The molecule has 6 nitrogen and oxygen atoms in total. The second kappa shape index (κ2) is 84.8. The Morgan fingerprint density at radius 1 is 0.295 bits per heavy atom. The van der Waals surface area contributed by atoms with Gasteiger partial charge in [0, 0.05) is 12.8 Å². The fraction of sp³-hybridized carbons (Fsp3) is 0.933. The van der Waals surface area contributed by atoms with Gasteiger partial charge in [-0.3, -0.25) is 9.59 Å². The van der Waals surface area contributed by atoms with Crippen LogP contribution in [-0.4, -0.2) is 47.4 Å². The van der Waals surface area contributed by atoms with Crippen molar-refractivity contribution in [2.75, 3.05) is 13.2 Å². The van der Waals surface area contributed by atoms with E-state index in [1.807, 2.05) is 0 Å². The zero-order chi connectivity index (χ0) is 68.4. The summed E-state index contributed by atoms with van der Waals surface area (Å²) in [5.74, 6) is -0.00219. The number of allylic oxidation sites excluding steroid dienone is 4. The molecule has 564 valence electrons.